The molecule has 19 unspecified atom stereocenters. The van der Waals surface area contributed by atoms with E-state index >= 15 is 0 Å². The van der Waals surface area contributed by atoms with Gasteiger partial charge < -0.3 is 140 Å². The van der Waals surface area contributed by atoms with Gasteiger partial charge in [-0.2, -0.15) is 0 Å². The Hall–Kier alpha value is -8.42. The van der Waals surface area contributed by atoms with E-state index in [-0.39, 0.29) is 6.42 Å². The van der Waals surface area contributed by atoms with E-state index in [1.165, 1.54) is 6.92 Å². The molecule has 3 aliphatic rings. The highest BCUT2D eigenvalue weighted by Crippen LogP contribution is 2.33. The molecule has 0 saturated carbocycles. The van der Waals surface area contributed by atoms with Crippen LogP contribution < -0.4 is 0 Å². The fourth-order valence-electron chi connectivity index (χ4n) is 8.15. The third-order valence-corrected chi connectivity index (χ3v) is 12.8. The predicted octanol–water partition coefficient (Wildman–Crippen LogP) is 2.67. The molecule has 46 heteroatoms. The Morgan fingerprint density at radius 1 is 0.380 bits per heavy atom. The SMILES string of the molecule is C=CCO/C1=C(/O)C(CCN=[N+]=[N-])OC2OC(CC)C(OC(O)/C(O)=C(\O)C(CCN=[N+]=[N-])OC(O)/C(O)=C(\O)C(CCN=[N+]=[N-])OC(O)C(O)C(O)C(CCN=[N+]=[N-])OC(O)/C(O)=C(/O)C(CCN=[N+]=[N-])OC(O)/C(O)=C(\O)C(CCN=[N+]=[N-])OC1O)C(O)C2O. The van der Waals surface area contributed by atoms with Crippen LogP contribution in [0.5, 0.6) is 0 Å². The molecule has 1 fully saturated rings. The first-order valence-corrected chi connectivity index (χ1v) is 27.0. The molecule has 19 atom stereocenters. The topological polar surface area (TPSA) is 760 Å². The second-order valence-electron chi connectivity index (χ2n) is 18.9. The molecule has 0 amide bonds. The molecule has 514 valence electrons. The Kier molecular flexibility index (Phi) is 36.3. The average Bonchev–Trinajstić information content (AvgIpc) is 0.813. The number of aliphatic hydroxyl groups excluding tert-OH is 19. The Bertz CT molecular complexity index is 2840. The van der Waals surface area contributed by atoms with Gasteiger partial charge in [-0.05, 0) is 78.1 Å². The van der Waals surface area contributed by atoms with Crippen LogP contribution in [0.25, 0.3) is 62.7 Å². The van der Waals surface area contributed by atoms with Crippen LogP contribution in [0.2, 0.25) is 0 Å². The molecule has 1 saturated heterocycles. The number of azide groups is 6. The summed E-state index contributed by atoms with van der Waals surface area (Å²) in [5.74, 6) is -15.0. The van der Waals surface area contributed by atoms with Crippen LogP contribution in [-0.2, 0) is 42.6 Å². The molecular weight excluding hydrogens is 1250 g/mol. The maximum atomic E-state index is 11.8. The van der Waals surface area contributed by atoms with Gasteiger partial charge in [-0.3, -0.25) is 0 Å². The molecule has 19 N–H and O–H groups in total. The highest BCUT2D eigenvalue weighted by atomic mass is 16.7. The highest BCUT2D eigenvalue weighted by molar-refractivity contribution is 5.15. The second kappa shape index (κ2) is 41.9. The van der Waals surface area contributed by atoms with E-state index in [0.717, 1.165) is 6.08 Å². The molecule has 0 aliphatic carbocycles. The van der Waals surface area contributed by atoms with Gasteiger partial charge in [-0.15, -0.1) is 0 Å². The van der Waals surface area contributed by atoms with Crippen LogP contribution in [0.3, 0.4) is 0 Å². The minimum absolute atomic E-state index is 0.235. The first-order chi connectivity index (χ1) is 43.8. The normalized spacial score (nSPS) is 35.7. The van der Waals surface area contributed by atoms with E-state index in [0.29, 0.717) is 0 Å². The van der Waals surface area contributed by atoms with Crippen molar-refractivity contribution in [2.75, 3.05) is 45.9 Å². The number of hydrogen-bond donors (Lipinski definition) is 19. The first kappa shape index (κ1) is 79.7. The van der Waals surface area contributed by atoms with Gasteiger partial charge in [0.2, 0.25) is 31.5 Å². The highest BCUT2D eigenvalue weighted by Gasteiger charge is 2.48. The lowest BCUT2D eigenvalue weighted by Crippen LogP contribution is -2.60. The summed E-state index contributed by atoms with van der Waals surface area (Å²) >= 11 is 0. The molecule has 2 bridgehead atoms. The molecule has 0 spiro atoms. The van der Waals surface area contributed by atoms with Gasteiger partial charge in [0.25, 0.3) is 0 Å². The molecule has 0 aromatic carbocycles. The van der Waals surface area contributed by atoms with Crippen LogP contribution in [0.15, 0.2) is 101 Å². The molecule has 46 nitrogen and oxygen atoms in total. The van der Waals surface area contributed by atoms with Crippen molar-refractivity contribution in [2.45, 2.75) is 169 Å². The summed E-state index contributed by atoms with van der Waals surface area (Å²) in [7, 11) is 0. The van der Waals surface area contributed by atoms with E-state index < -0.39 is 259 Å². The van der Waals surface area contributed by atoms with Crippen molar-refractivity contribution in [1.82, 2.24) is 0 Å². The van der Waals surface area contributed by atoms with Gasteiger partial charge in [0.1, 0.15) is 67.6 Å². The summed E-state index contributed by atoms with van der Waals surface area (Å²) in [5, 5.41) is 233. The summed E-state index contributed by atoms with van der Waals surface area (Å²) in [4.78, 5) is 15.2. The van der Waals surface area contributed by atoms with Crippen molar-refractivity contribution in [2.24, 2.45) is 30.7 Å². The fraction of sp³-hybridized carbons (Fsp3) is 0.739. The lowest BCUT2D eigenvalue weighted by Gasteiger charge is -2.43. The summed E-state index contributed by atoms with van der Waals surface area (Å²) in [6, 6.07) is 0. The summed E-state index contributed by atoms with van der Waals surface area (Å²) in [6.45, 7) is 0.273. The van der Waals surface area contributed by atoms with E-state index in [4.69, 9.17) is 75.8 Å². The Labute approximate surface area is 517 Å². The zero-order chi connectivity index (χ0) is 69.2. The fourth-order valence-corrected chi connectivity index (χ4v) is 8.15. The van der Waals surface area contributed by atoms with Crippen LogP contribution in [0, 0.1) is 0 Å². The monoisotopic (exact) mass is 1320 g/mol. The zero-order valence-electron chi connectivity index (χ0n) is 48.4. The maximum absolute atomic E-state index is 11.8. The number of hydrogen-bond acceptors (Lipinski definition) is 34. The minimum Gasteiger partial charge on any atom is -0.506 e. The first-order valence-electron chi connectivity index (χ1n) is 27.0. The largest absolute Gasteiger partial charge is 0.506 e. The summed E-state index contributed by atoms with van der Waals surface area (Å²) < 4.78 is 49.1. The molecule has 0 aromatic heterocycles. The van der Waals surface area contributed by atoms with Crippen LogP contribution in [0.1, 0.15) is 51.9 Å². The number of ether oxygens (including phenoxy) is 9. The molecule has 3 aliphatic heterocycles. The lowest BCUT2D eigenvalue weighted by molar-refractivity contribution is -0.326. The molecule has 0 radical (unpaired) electrons. The van der Waals surface area contributed by atoms with Crippen molar-refractivity contribution in [3.63, 3.8) is 0 Å². The predicted molar refractivity (Wildman–Crippen MR) is 300 cm³/mol. The molecular formula is C46H72N18O28. The van der Waals surface area contributed by atoms with Gasteiger partial charge in [0, 0.05) is 68.7 Å². The third kappa shape index (κ3) is 24.3. The zero-order valence-corrected chi connectivity index (χ0v) is 48.4. The van der Waals surface area contributed by atoms with E-state index in [1.807, 2.05) is 0 Å². The molecule has 3 rings (SSSR count). The van der Waals surface area contributed by atoms with Gasteiger partial charge in [-0.1, -0.05) is 50.3 Å². The van der Waals surface area contributed by atoms with Crippen molar-refractivity contribution >= 4 is 0 Å². The lowest BCUT2D eigenvalue weighted by atomic mass is 9.96. The average molecular weight is 1330 g/mol. The van der Waals surface area contributed by atoms with Crippen molar-refractivity contribution in [3.8, 4) is 0 Å². The number of nitrogens with zero attached hydrogens (tertiary/aromatic N) is 18. The number of fused-ring (bicyclic) bond motifs is 27. The Balaban J connectivity index is 3.11. The third-order valence-electron chi connectivity index (χ3n) is 12.8. The van der Waals surface area contributed by atoms with E-state index in [1.54, 1.807) is 0 Å². The van der Waals surface area contributed by atoms with Crippen LogP contribution >= 0.6 is 0 Å². The standard InChI is InChI=1S/C46H72N18O28/c1-3-17-84-39-30(70)24(10-16-58-64-52)91-46-37(77)31(71)38(18(4-2)90-46)92-44(82)36(76)28(68)22(8-14-56-62-50)88-42(80)34(74)26(66)20(6-12-54-60-48)86-40(78)32(72)25(65)19(5-11-53-59-47)85-41(79)33(73)27(67)21(7-13-55-61-49)87-43(81)35(75)29(69)23(89-45(39)83)9-15-57-63-51/h3,18-25,31-32,37-38,40-46,65-83H,1,4-17H2,2H3/b33-27-,34-26+,35-29+,36-28+,39-30+. The van der Waals surface area contributed by atoms with Gasteiger partial charge in [0.05, 0.1) is 12.2 Å². The van der Waals surface area contributed by atoms with Crippen molar-refractivity contribution in [1.29, 1.82) is 0 Å². The smallest absolute Gasteiger partial charge is 0.218 e. The van der Waals surface area contributed by atoms with Gasteiger partial charge in [0.15, 0.2) is 70.2 Å². The van der Waals surface area contributed by atoms with Crippen LogP contribution in [0.4, 0.5) is 0 Å². The van der Waals surface area contributed by atoms with E-state index in [9.17, 15) is 97.0 Å². The molecule has 0 aromatic rings. The quantitative estimate of drug-likeness (QED) is 0.0321. The maximum Gasteiger partial charge on any atom is 0.218 e. The van der Waals surface area contributed by atoms with Crippen molar-refractivity contribution < 1.29 is 140 Å². The summed E-state index contributed by atoms with van der Waals surface area (Å²) in [6.07, 6.45) is -49.0. The van der Waals surface area contributed by atoms with Crippen molar-refractivity contribution in [3.05, 3.63) is 133 Å². The van der Waals surface area contributed by atoms with Gasteiger partial charge in [-0.25, -0.2) is 0 Å². The molecule has 92 heavy (non-hydrogen) atoms. The Morgan fingerprint density at radius 3 is 1.09 bits per heavy atom. The van der Waals surface area contributed by atoms with Crippen LogP contribution in [-0.4, -0.2) is 260 Å². The minimum atomic E-state index is -2.90. The Morgan fingerprint density at radius 2 is 0.717 bits per heavy atom. The second-order valence-corrected chi connectivity index (χ2v) is 18.9. The number of aliphatic hydroxyl groups is 19. The van der Waals surface area contributed by atoms with E-state index in [2.05, 4.69) is 66.7 Å². The van der Waals surface area contributed by atoms with Gasteiger partial charge >= 0.3 is 0 Å². The molecule has 3 heterocycles. The summed E-state index contributed by atoms with van der Waals surface area (Å²) in [5.41, 5.74) is 53.9. The number of rotatable bonds is 22.